The highest BCUT2D eigenvalue weighted by atomic mass is 35.5. The SMILES string of the molecule is CC(CC(=O)NCCN)c1ccccc1F.Cl. The van der Waals surface area contributed by atoms with E-state index in [0.29, 0.717) is 18.7 Å². The third-order valence-electron chi connectivity index (χ3n) is 2.39. The Morgan fingerprint density at radius 2 is 2.12 bits per heavy atom. The van der Waals surface area contributed by atoms with E-state index < -0.39 is 0 Å². The first-order valence-electron chi connectivity index (χ1n) is 5.36. The summed E-state index contributed by atoms with van der Waals surface area (Å²) < 4.78 is 13.4. The van der Waals surface area contributed by atoms with E-state index in [1.165, 1.54) is 6.07 Å². The number of hydrogen-bond donors (Lipinski definition) is 2. The quantitative estimate of drug-likeness (QED) is 0.849. The lowest BCUT2D eigenvalue weighted by Gasteiger charge is -2.12. The predicted octanol–water partition coefficient (Wildman–Crippen LogP) is 1.82. The topological polar surface area (TPSA) is 55.1 Å². The van der Waals surface area contributed by atoms with Crippen LogP contribution in [0.25, 0.3) is 0 Å². The molecule has 0 spiro atoms. The van der Waals surface area contributed by atoms with Gasteiger partial charge in [0.2, 0.25) is 5.91 Å². The van der Waals surface area contributed by atoms with Gasteiger partial charge in [-0.1, -0.05) is 25.1 Å². The van der Waals surface area contributed by atoms with Gasteiger partial charge in [0, 0.05) is 19.5 Å². The molecule has 1 aromatic carbocycles. The van der Waals surface area contributed by atoms with Crippen LogP contribution in [0.4, 0.5) is 4.39 Å². The molecule has 0 aliphatic heterocycles. The molecule has 0 saturated heterocycles. The van der Waals surface area contributed by atoms with Crippen LogP contribution in [0, 0.1) is 5.82 Å². The Labute approximate surface area is 107 Å². The fourth-order valence-electron chi connectivity index (χ4n) is 1.55. The van der Waals surface area contributed by atoms with E-state index in [1.54, 1.807) is 18.2 Å². The number of halogens is 2. The van der Waals surface area contributed by atoms with Crippen molar-refractivity contribution >= 4 is 18.3 Å². The monoisotopic (exact) mass is 260 g/mol. The van der Waals surface area contributed by atoms with Crippen LogP contribution in [0.1, 0.15) is 24.8 Å². The minimum atomic E-state index is -0.262. The first-order chi connectivity index (χ1) is 7.65. The summed E-state index contributed by atoms with van der Waals surface area (Å²) in [6, 6.07) is 6.52. The van der Waals surface area contributed by atoms with Crippen LogP contribution in [0.2, 0.25) is 0 Å². The highest BCUT2D eigenvalue weighted by Crippen LogP contribution is 2.21. The van der Waals surface area contributed by atoms with E-state index in [9.17, 15) is 9.18 Å². The van der Waals surface area contributed by atoms with Gasteiger partial charge in [-0.2, -0.15) is 0 Å². The first kappa shape index (κ1) is 15.9. The molecule has 1 unspecified atom stereocenters. The summed E-state index contributed by atoms with van der Waals surface area (Å²) in [5.41, 5.74) is 5.84. The van der Waals surface area contributed by atoms with E-state index >= 15 is 0 Å². The van der Waals surface area contributed by atoms with Crippen molar-refractivity contribution < 1.29 is 9.18 Å². The van der Waals surface area contributed by atoms with E-state index in [0.717, 1.165) is 0 Å². The Kier molecular flexibility index (Phi) is 7.50. The van der Waals surface area contributed by atoms with Crippen molar-refractivity contribution in [1.82, 2.24) is 5.32 Å². The van der Waals surface area contributed by atoms with Crippen LogP contribution >= 0.6 is 12.4 Å². The highest BCUT2D eigenvalue weighted by Gasteiger charge is 2.13. The van der Waals surface area contributed by atoms with Crippen LogP contribution in [0.15, 0.2) is 24.3 Å². The molecule has 0 heterocycles. The van der Waals surface area contributed by atoms with Gasteiger partial charge < -0.3 is 11.1 Å². The summed E-state index contributed by atoms with van der Waals surface area (Å²) in [6.07, 6.45) is 0.279. The lowest BCUT2D eigenvalue weighted by Crippen LogP contribution is -2.29. The van der Waals surface area contributed by atoms with Crippen molar-refractivity contribution in [3.8, 4) is 0 Å². The van der Waals surface area contributed by atoms with Crippen molar-refractivity contribution in [3.63, 3.8) is 0 Å². The number of nitrogens with two attached hydrogens (primary N) is 1. The minimum Gasteiger partial charge on any atom is -0.355 e. The lowest BCUT2D eigenvalue weighted by molar-refractivity contribution is -0.121. The second kappa shape index (κ2) is 8.03. The van der Waals surface area contributed by atoms with Crippen LogP contribution in [-0.2, 0) is 4.79 Å². The number of hydrogen-bond acceptors (Lipinski definition) is 2. The minimum absolute atomic E-state index is 0. The van der Waals surface area contributed by atoms with Gasteiger partial charge in [-0.3, -0.25) is 4.79 Å². The summed E-state index contributed by atoms with van der Waals surface area (Å²) >= 11 is 0. The Hall–Kier alpha value is -1.13. The zero-order valence-corrected chi connectivity index (χ0v) is 10.6. The van der Waals surface area contributed by atoms with Gasteiger partial charge in [-0.05, 0) is 17.5 Å². The summed E-state index contributed by atoms with van der Waals surface area (Å²) in [5, 5.41) is 2.67. The lowest BCUT2D eigenvalue weighted by atomic mass is 9.97. The van der Waals surface area contributed by atoms with Crippen LogP contribution in [-0.4, -0.2) is 19.0 Å². The van der Waals surface area contributed by atoms with Gasteiger partial charge in [0.15, 0.2) is 0 Å². The van der Waals surface area contributed by atoms with Gasteiger partial charge in [0.25, 0.3) is 0 Å². The molecule has 3 N–H and O–H groups in total. The van der Waals surface area contributed by atoms with Gasteiger partial charge >= 0.3 is 0 Å². The van der Waals surface area contributed by atoms with Crippen LogP contribution < -0.4 is 11.1 Å². The van der Waals surface area contributed by atoms with Gasteiger partial charge in [-0.15, -0.1) is 12.4 Å². The van der Waals surface area contributed by atoms with Crippen molar-refractivity contribution in [3.05, 3.63) is 35.6 Å². The standard InChI is InChI=1S/C12H17FN2O.ClH/c1-9(8-12(16)15-7-6-14)10-4-2-3-5-11(10)13;/h2-5,9H,6-8,14H2,1H3,(H,15,16);1H. The zero-order valence-electron chi connectivity index (χ0n) is 9.78. The number of nitrogens with one attached hydrogen (secondary N) is 1. The second-order valence-corrected chi connectivity index (χ2v) is 3.77. The van der Waals surface area contributed by atoms with E-state index in [1.807, 2.05) is 6.92 Å². The van der Waals surface area contributed by atoms with E-state index in [4.69, 9.17) is 5.73 Å². The summed E-state index contributed by atoms with van der Waals surface area (Å²) in [7, 11) is 0. The van der Waals surface area contributed by atoms with E-state index in [-0.39, 0.29) is 36.5 Å². The molecule has 0 radical (unpaired) electrons. The summed E-state index contributed by atoms with van der Waals surface area (Å²) in [4.78, 5) is 11.4. The largest absolute Gasteiger partial charge is 0.355 e. The molecule has 0 bridgehead atoms. The summed E-state index contributed by atoms with van der Waals surface area (Å²) in [5.74, 6) is -0.484. The third-order valence-corrected chi connectivity index (χ3v) is 2.39. The van der Waals surface area contributed by atoms with Gasteiger partial charge in [-0.25, -0.2) is 4.39 Å². The molecule has 0 aliphatic carbocycles. The van der Waals surface area contributed by atoms with E-state index in [2.05, 4.69) is 5.32 Å². The van der Waals surface area contributed by atoms with Gasteiger partial charge in [0.1, 0.15) is 5.82 Å². The van der Waals surface area contributed by atoms with Crippen molar-refractivity contribution in [2.45, 2.75) is 19.3 Å². The third kappa shape index (κ3) is 5.15. The maximum atomic E-state index is 13.4. The molecule has 3 nitrogen and oxygen atoms in total. The molecule has 0 saturated carbocycles. The highest BCUT2D eigenvalue weighted by molar-refractivity contribution is 5.85. The Morgan fingerprint density at radius 3 is 2.71 bits per heavy atom. The fourth-order valence-corrected chi connectivity index (χ4v) is 1.55. The molecule has 0 aliphatic rings. The molecule has 0 aromatic heterocycles. The molecule has 17 heavy (non-hydrogen) atoms. The maximum Gasteiger partial charge on any atom is 0.220 e. The van der Waals surface area contributed by atoms with Crippen molar-refractivity contribution in [1.29, 1.82) is 0 Å². The average Bonchev–Trinajstić information content (AvgIpc) is 2.26. The Bertz CT molecular complexity index is 360. The maximum absolute atomic E-state index is 13.4. The van der Waals surface area contributed by atoms with Crippen LogP contribution in [0.5, 0.6) is 0 Å². The Morgan fingerprint density at radius 1 is 1.47 bits per heavy atom. The van der Waals surface area contributed by atoms with Crippen molar-refractivity contribution in [2.24, 2.45) is 5.73 Å². The summed E-state index contributed by atoms with van der Waals surface area (Å²) in [6.45, 7) is 2.71. The second-order valence-electron chi connectivity index (χ2n) is 3.77. The molecule has 0 fully saturated rings. The smallest absolute Gasteiger partial charge is 0.220 e. The molecule has 1 atom stereocenters. The molecular weight excluding hydrogens is 243 g/mol. The average molecular weight is 261 g/mol. The molecule has 1 rings (SSSR count). The normalized spacial score (nSPS) is 11.5. The molecule has 1 amide bonds. The predicted molar refractivity (Wildman–Crippen MR) is 68.7 cm³/mol. The molecule has 5 heteroatoms. The number of carbonyl (C=O) groups excluding carboxylic acids is 1. The first-order valence-corrected chi connectivity index (χ1v) is 5.36. The number of benzene rings is 1. The fraction of sp³-hybridized carbons (Fsp3) is 0.417. The zero-order chi connectivity index (χ0) is 12.0. The number of amides is 1. The van der Waals surface area contributed by atoms with Crippen LogP contribution in [0.3, 0.4) is 0 Å². The molecular formula is C12H18ClFN2O. The Balaban J connectivity index is 0.00000256. The van der Waals surface area contributed by atoms with Crippen molar-refractivity contribution in [2.75, 3.05) is 13.1 Å². The van der Waals surface area contributed by atoms with Gasteiger partial charge in [0.05, 0.1) is 0 Å². The molecule has 1 aromatic rings. The number of carbonyl (C=O) groups is 1. The molecule has 96 valence electrons. The number of rotatable bonds is 5.